The van der Waals surface area contributed by atoms with E-state index in [2.05, 4.69) is 11.1 Å². The number of hydrogen-bond acceptors (Lipinski definition) is 3. The molecule has 2 aromatic rings. The summed E-state index contributed by atoms with van der Waals surface area (Å²) in [7, 11) is 0. The van der Waals surface area contributed by atoms with Crippen molar-refractivity contribution in [2.45, 2.75) is 19.3 Å². The van der Waals surface area contributed by atoms with E-state index in [1.165, 1.54) is 23.9 Å². The second-order valence-corrected chi connectivity index (χ2v) is 4.17. The minimum Gasteiger partial charge on any atom is -0.475 e. The van der Waals surface area contributed by atoms with E-state index in [0.717, 1.165) is 18.4 Å². The Bertz CT molecular complexity index is 586. The molecule has 0 fully saturated rings. The molecule has 4 nitrogen and oxygen atoms in total. The summed E-state index contributed by atoms with van der Waals surface area (Å²) in [4.78, 5) is 14.9. The van der Waals surface area contributed by atoms with Crippen molar-refractivity contribution < 1.29 is 14.3 Å². The number of carboxylic acids is 1. The normalized spacial score (nSPS) is 13.6. The molecule has 0 saturated carbocycles. The molecule has 1 aromatic carbocycles. The number of fused-ring (bicyclic) bond motifs is 1. The summed E-state index contributed by atoms with van der Waals surface area (Å²) in [5.41, 5.74) is 3.87. The van der Waals surface area contributed by atoms with Crippen LogP contribution in [0.4, 0.5) is 0 Å². The summed E-state index contributed by atoms with van der Waals surface area (Å²) in [5.74, 6) is -1.18. The van der Waals surface area contributed by atoms with E-state index >= 15 is 0 Å². The first-order valence-electron chi connectivity index (χ1n) is 5.54. The highest BCUT2D eigenvalue weighted by Crippen LogP contribution is 2.29. The van der Waals surface area contributed by atoms with Crippen LogP contribution in [0.3, 0.4) is 0 Å². The van der Waals surface area contributed by atoms with Crippen molar-refractivity contribution in [1.29, 1.82) is 0 Å². The summed E-state index contributed by atoms with van der Waals surface area (Å²) in [5, 5.41) is 8.98. The summed E-state index contributed by atoms with van der Waals surface area (Å²) in [6.45, 7) is 0. The van der Waals surface area contributed by atoms with Gasteiger partial charge in [0.1, 0.15) is 5.69 Å². The Labute approximate surface area is 97.9 Å². The van der Waals surface area contributed by atoms with Crippen LogP contribution < -0.4 is 0 Å². The first-order valence-corrected chi connectivity index (χ1v) is 5.54. The molecule has 0 amide bonds. The molecule has 0 aliphatic heterocycles. The van der Waals surface area contributed by atoms with Gasteiger partial charge in [-0.1, -0.05) is 12.1 Å². The van der Waals surface area contributed by atoms with Gasteiger partial charge in [-0.25, -0.2) is 9.78 Å². The zero-order chi connectivity index (χ0) is 11.8. The number of aryl methyl sites for hydroxylation is 2. The molecule has 1 aliphatic carbocycles. The molecule has 0 spiro atoms. The number of aromatic carboxylic acids is 1. The Kier molecular flexibility index (Phi) is 2.21. The highest BCUT2D eigenvalue weighted by atomic mass is 16.4. The lowest BCUT2D eigenvalue weighted by Crippen LogP contribution is -1.97. The van der Waals surface area contributed by atoms with E-state index in [-0.39, 0.29) is 5.76 Å². The molecule has 3 rings (SSSR count). The quantitative estimate of drug-likeness (QED) is 0.859. The standard InChI is InChI=1S/C13H11NO3/c15-13(16)12-11(14-7-17-12)10-5-4-8-2-1-3-9(8)6-10/h4-7H,1-3H2,(H,15,16). The lowest BCUT2D eigenvalue weighted by atomic mass is 10.0. The molecule has 0 saturated heterocycles. The van der Waals surface area contributed by atoms with Crippen LogP contribution >= 0.6 is 0 Å². The average Bonchev–Trinajstić information content (AvgIpc) is 2.96. The number of aromatic nitrogens is 1. The Hall–Kier alpha value is -2.10. The smallest absolute Gasteiger partial charge is 0.374 e. The molecule has 17 heavy (non-hydrogen) atoms. The van der Waals surface area contributed by atoms with Gasteiger partial charge in [0.25, 0.3) is 0 Å². The molecule has 86 valence electrons. The molecule has 1 aromatic heterocycles. The third-order valence-corrected chi connectivity index (χ3v) is 3.13. The van der Waals surface area contributed by atoms with E-state index < -0.39 is 5.97 Å². The van der Waals surface area contributed by atoms with Gasteiger partial charge in [-0.15, -0.1) is 0 Å². The van der Waals surface area contributed by atoms with Gasteiger partial charge in [-0.05, 0) is 36.5 Å². The minimum absolute atomic E-state index is 0.0945. The van der Waals surface area contributed by atoms with Crippen molar-refractivity contribution in [2.75, 3.05) is 0 Å². The monoisotopic (exact) mass is 229 g/mol. The predicted molar refractivity (Wildman–Crippen MR) is 60.9 cm³/mol. The fourth-order valence-electron chi connectivity index (χ4n) is 2.32. The van der Waals surface area contributed by atoms with Crippen LogP contribution in [0.5, 0.6) is 0 Å². The molecular formula is C13H11NO3. The minimum atomic E-state index is -1.09. The molecule has 0 radical (unpaired) electrons. The maximum absolute atomic E-state index is 11.0. The zero-order valence-corrected chi connectivity index (χ0v) is 9.14. The van der Waals surface area contributed by atoms with Crippen molar-refractivity contribution in [3.63, 3.8) is 0 Å². The number of rotatable bonds is 2. The third-order valence-electron chi connectivity index (χ3n) is 3.13. The SMILES string of the molecule is O=C(O)c1ocnc1-c1ccc2c(c1)CCC2. The van der Waals surface area contributed by atoms with Crippen LogP contribution in [0.2, 0.25) is 0 Å². The summed E-state index contributed by atoms with van der Waals surface area (Å²) in [6.07, 6.45) is 4.51. The van der Waals surface area contributed by atoms with Crippen LogP contribution in [0.1, 0.15) is 28.1 Å². The lowest BCUT2D eigenvalue weighted by Gasteiger charge is -2.02. The van der Waals surface area contributed by atoms with E-state index in [0.29, 0.717) is 5.69 Å². The van der Waals surface area contributed by atoms with Gasteiger partial charge in [0.2, 0.25) is 5.76 Å². The van der Waals surface area contributed by atoms with Gasteiger partial charge in [0.15, 0.2) is 6.39 Å². The Morgan fingerprint density at radius 3 is 2.94 bits per heavy atom. The number of oxazole rings is 1. The third kappa shape index (κ3) is 1.62. The zero-order valence-electron chi connectivity index (χ0n) is 9.14. The number of nitrogens with zero attached hydrogens (tertiary/aromatic N) is 1. The van der Waals surface area contributed by atoms with Gasteiger partial charge in [-0.3, -0.25) is 0 Å². The first-order chi connectivity index (χ1) is 8.25. The number of carboxylic acid groups (broad SMARTS) is 1. The molecule has 1 N–H and O–H groups in total. The van der Waals surface area contributed by atoms with Crippen molar-refractivity contribution in [2.24, 2.45) is 0 Å². The number of benzene rings is 1. The predicted octanol–water partition coefficient (Wildman–Crippen LogP) is 2.53. The molecule has 0 unspecified atom stereocenters. The molecular weight excluding hydrogens is 218 g/mol. The van der Waals surface area contributed by atoms with Gasteiger partial charge in [0.05, 0.1) is 0 Å². The van der Waals surface area contributed by atoms with E-state index in [1.54, 1.807) is 0 Å². The second kappa shape index (κ2) is 3.73. The maximum Gasteiger partial charge on any atom is 0.374 e. The first kappa shape index (κ1) is 10.1. The Balaban J connectivity index is 2.09. The van der Waals surface area contributed by atoms with Crippen LogP contribution in [0.15, 0.2) is 29.0 Å². The number of carbonyl (C=O) groups is 1. The van der Waals surface area contributed by atoms with Crippen LogP contribution in [-0.4, -0.2) is 16.1 Å². The maximum atomic E-state index is 11.0. The second-order valence-electron chi connectivity index (χ2n) is 4.17. The molecule has 0 bridgehead atoms. The Morgan fingerprint density at radius 2 is 2.12 bits per heavy atom. The summed E-state index contributed by atoms with van der Waals surface area (Å²) < 4.78 is 4.89. The van der Waals surface area contributed by atoms with Gasteiger partial charge < -0.3 is 9.52 Å². The van der Waals surface area contributed by atoms with Gasteiger partial charge in [-0.2, -0.15) is 0 Å². The summed E-state index contributed by atoms with van der Waals surface area (Å²) >= 11 is 0. The van der Waals surface area contributed by atoms with E-state index in [9.17, 15) is 4.79 Å². The van der Waals surface area contributed by atoms with Crippen molar-refractivity contribution in [1.82, 2.24) is 4.98 Å². The van der Waals surface area contributed by atoms with E-state index in [1.807, 2.05) is 12.1 Å². The molecule has 4 heteroatoms. The largest absolute Gasteiger partial charge is 0.475 e. The van der Waals surface area contributed by atoms with Crippen LogP contribution in [0.25, 0.3) is 11.3 Å². The van der Waals surface area contributed by atoms with E-state index in [4.69, 9.17) is 9.52 Å². The molecule has 0 atom stereocenters. The fraction of sp³-hybridized carbons (Fsp3) is 0.231. The lowest BCUT2D eigenvalue weighted by molar-refractivity contribution is 0.0663. The number of hydrogen-bond donors (Lipinski definition) is 1. The van der Waals surface area contributed by atoms with Crippen LogP contribution in [-0.2, 0) is 12.8 Å². The Morgan fingerprint density at radius 1 is 1.29 bits per heavy atom. The fourth-order valence-corrected chi connectivity index (χ4v) is 2.32. The van der Waals surface area contributed by atoms with Crippen molar-refractivity contribution in [3.8, 4) is 11.3 Å². The van der Waals surface area contributed by atoms with Crippen molar-refractivity contribution in [3.05, 3.63) is 41.5 Å². The van der Waals surface area contributed by atoms with Crippen molar-refractivity contribution >= 4 is 5.97 Å². The van der Waals surface area contributed by atoms with Crippen LogP contribution in [0, 0.1) is 0 Å². The average molecular weight is 229 g/mol. The topological polar surface area (TPSA) is 63.3 Å². The molecule has 1 aliphatic rings. The van der Waals surface area contributed by atoms with Gasteiger partial charge >= 0.3 is 5.97 Å². The van der Waals surface area contributed by atoms with Gasteiger partial charge in [0, 0.05) is 5.56 Å². The highest BCUT2D eigenvalue weighted by molar-refractivity contribution is 5.91. The highest BCUT2D eigenvalue weighted by Gasteiger charge is 2.19. The molecule has 1 heterocycles. The summed E-state index contributed by atoms with van der Waals surface area (Å²) in [6, 6.07) is 5.99.